The van der Waals surface area contributed by atoms with Crippen molar-refractivity contribution < 1.29 is 5.11 Å². The van der Waals surface area contributed by atoms with Crippen molar-refractivity contribution in [3.63, 3.8) is 0 Å². The van der Waals surface area contributed by atoms with Crippen molar-refractivity contribution in [2.45, 2.75) is 0 Å². The van der Waals surface area contributed by atoms with Crippen LogP contribution in [0, 0.1) is 0 Å². The van der Waals surface area contributed by atoms with Gasteiger partial charge in [-0.05, 0) is 12.1 Å². The second-order valence-electron chi connectivity index (χ2n) is 4.75. The zero-order chi connectivity index (χ0) is 15.4. The van der Waals surface area contributed by atoms with E-state index in [9.17, 15) is 5.11 Å². The van der Waals surface area contributed by atoms with Gasteiger partial charge < -0.3 is 15.7 Å². The van der Waals surface area contributed by atoms with Gasteiger partial charge in [-0.2, -0.15) is 4.98 Å². The number of nitrogens with one attached hydrogen (secondary N) is 2. The molecule has 0 radical (unpaired) electrons. The molecule has 0 saturated heterocycles. The lowest BCUT2D eigenvalue weighted by molar-refractivity contribution is 0.475. The summed E-state index contributed by atoms with van der Waals surface area (Å²) in [5.41, 5.74) is 2.60. The summed E-state index contributed by atoms with van der Waals surface area (Å²) in [7, 11) is 1.78. The van der Waals surface area contributed by atoms with Crippen LogP contribution >= 0.6 is 0 Å². The Labute approximate surface area is 128 Å². The van der Waals surface area contributed by atoms with Crippen LogP contribution in [0.4, 0.5) is 17.5 Å². The third kappa shape index (κ3) is 3.15. The van der Waals surface area contributed by atoms with Crippen LogP contribution in [0.3, 0.4) is 0 Å². The van der Waals surface area contributed by atoms with E-state index in [0.29, 0.717) is 11.8 Å². The van der Waals surface area contributed by atoms with E-state index in [1.807, 2.05) is 42.5 Å². The lowest BCUT2D eigenvalue weighted by Crippen LogP contribution is -2.02. The summed E-state index contributed by atoms with van der Waals surface area (Å²) in [6.45, 7) is 0. The lowest BCUT2D eigenvalue weighted by Gasteiger charge is -2.10. The maximum absolute atomic E-state index is 9.54. The first kappa shape index (κ1) is 13.9. The van der Waals surface area contributed by atoms with Crippen molar-refractivity contribution in [1.82, 2.24) is 9.97 Å². The maximum atomic E-state index is 9.54. The van der Waals surface area contributed by atoms with Crippen molar-refractivity contribution in [1.29, 1.82) is 0 Å². The predicted octanol–water partition coefficient (Wildman–Crippen LogP) is 3.63. The molecule has 3 rings (SSSR count). The minimum absolute atomic E-state index is 0.205. The number of phenolic OH excluding ortho intramolecular Hbond substituents is 1. The number of benzene rings is 2. The topological polar surface area (TPSA) is 70.1 Å². The molecule has 0 amide bonds. The number of aromatic hydroxyl groups is 1. The Morgan fingerprint density at radius 1 is 0.909 bits per heavy atom. The molecule has 0 aliphatic carbocycles. The zero-order valence-electron chi connectivity index (χ0n) is 12.1. The van der Waals surface area contributed by atoms with Crippen LogP contribution in [0.1, 0.15) is 0 Å². The van der Waals surface area contributed by atoms with Gasteiger partial charge in [0.15, 0.2) is 0 Å². The molecule has 0 unspecified atom stereocenters. The van der Waals surface area contributed by atoms with Crippen LogP contribution in [0.2, 0.25) is 0 Å². The number of phenols is 1. The van der Waals surface area contributed by atoms with Crippen molar-refractivity contribution in [3.8, 4) is 17.0 Å². The Morgan fingerprint density at radius 3 is 2.45 bits per heavy atom. The maximum Gasteiger partial charge on any atom is 0.224 e. The van der Waals surface area contributed by atoms with Crippen molar-refractivity contribution in [2.24, 2.45) is 0 Å². The molecule has 110 valence electrons. The van der Waals surface area contributed by atoms with Gasteiger partial charge in [0.2, 0.25) is 5.95 Å². The predicted molar refractivity (Wildman–Crippen MR) is 88.4 cm³/mol. The summed E-state index contributed by atoms with van der Waals surface area (Å²) in [5.74, 6) is 1.39. The second kappa shape index (κ2) is 6.13. The molecule has 0 saturated carbocycles. The first-order valence-corrected chi connectivity index (χ1v) is 6.93. The fourth-order valence-corrected chi connectivity index (χ4v) is 2.11. The molecule has 5 nitrogen and oxygen atoms in total. The normalized spacial score (nSPS) is 10.2. The fourth-order valence-electron chi connectivity index (χ4n) is 2.11. The molecular weight excluding hydrogens is 276 g/mol. The summed E-state index contributed by atoms with van der Waals surface area (Å²) in [6.07, 6.45) is 0. The van der Waals surface area contributed by atoms with Gasteiger partial charge in [0.1, 0.15) is 11.6 Å². The Morgan fingerprint density at radius 2 is 1.73 bits per heavy atom. The van der Waals surface area contributed by atoms with Crippen LogP contribution in [0.15, 0.2) is 60.7 Å². The van der Waals surface area contributed by atoms with E-state index >= 15 is 0 Å². The zero-order valence-corrected chi connectivity index (χ0v) is 12.1. The molecule has 3 aromatic rings. The van der Waals surface area contributed by atoms with Crippen molar-refractivity contribution >= 4 is 17.5 Å². The molecule has 22 heavy (non-hydrogen) atoms. The van der Waals surface area contributed by atoms with Crippen molar-refractivity contribution in [2.75, 3.05) is 17.7 Å². The number of anilines is 3. The molecule has 2 aromatic carbocycles. The monoisotopic (exact) mass is 292 g/mol. The third-order valence-corrected chi connectivity index (χ3v) is 3.14. The standard InChI is InChI=1S/C17H16N4O/c1-18-17-20-15(12-6-3-2-4-7-12)11-16(21-17)19-13-8-5-9-14(22)10-13/h2-11,22H,1H3,(H2,18,19,20,21). The van der Waals surface area contributed by atoms with Gasteiger partial charge >= 0.3 is 0 Å². The number of rotatable bonds is 4. The quantitative estimate of drug-likeness (QED) is 0.685. The summed E-state index contributed by atoms with van der Waals surface area (Å²) in [6, 6.07) is 18.7. The van der Waals surface area contributed by atoms with E-state index in [-0.39, 0.29) is 5.75 Å². The highest BCUT2D eigenvalue weighted by Gasteiger charge is 2.06. The molecular formula is C17H16N4O. The number of nitrogens with zero attached hydrogens (tertiary/aromatic N) is 2. The van der Waals surface area contributed by atoms with E-state index in [1.165, 1.54) is 0 Å². The van der Waals surface area contributed by atoms with Gasteiger partial charge in [-0.15, -0.1) is 0 Å². The highest BCUT2D eigenvalue weighted by molar-refractivity contribution is 5.67. The van der Waals surface area contributed by atoms with Gasteiger partial charge in [0, 0.05) is 30.4 Å². The lowest BCUT2D eigenvalue weighted by atomic mass is 10.1. The first-order chi connectivity index (χ1) is 10.7. The molecule has 1 aromatic heterocycles. The largest absolute Gasteiger partial charge is 0.508 e. The third-order valence-electron chi connectivity index (χ3n) is 3.14. The number of hydrogen-bond donors (Lipinski definition) is 3. The van der Waals surface area contributed by atoms with Gasteiger partial charge in [-0.1, -0.05) is 36.4 Å². The first-order valence-electron chi connectivity index (χ1n) is 6.93. The Balaban J connectivity index is 1.97. The highest BCUT2D eigenvalue weighted by atomic mass is 16.3. The summed E-state index contributed by atoms with van der Waals surface area (Å²) in [5, 5.41) is 15.7. The Bertz CT molecular complexity index is 775. The van der Waals surface area contributed by atoms with Crippen LogP contribution < -0.4 is 10.6 Å². The molecule has 0 bridgehead atoms. The molecule has 3 N–H and O–H groups in total. The fraction of sp³-hybridized carbons (Fsp3) is 0.0588. The summed E-state index contributed by atoms with van der Waals surface area (Å²) in [4.78, 5) is 8.86. The smallest absolute Gasteiger partial charge is 0.224 e. The van der Waals surface area contributed by atoms with E-state index in [1.54, 1.807) is 25.2 Å². The average Bonchev–Trinajstić information content (AvgIpc) is 2.55. The van der Waals surface area contributed by atoms with Gasteiger partial charge in [0.25, 0.3) is 0 Å². The molecule has 0 fully saturated rings. The van der Waals surface area contributed by atoms with Crippen LogP contribution in [0.25, 0.3) is 11.3 Å². The second-order valence-corrected chi connectivity index (χ2v) is 4.75. The summed E-state index contributed by atoms with van der Waals surface area (Å²) >= 11 is 0. The highest BCUT2D eigenvalue weighted by Crippen LogP contribution is 2.24. The van der Waals surface area contributed by atoms with Crippen LogP contribution in [0.5, 0.6) is 5.75 Å². The number of aromatic nitrogens is 2. The minimum atomic E-state index is 0.205. The van der Waals surface area contributed by atoms with E-state index in [2.05, 4.69) is 20.6 Å². The SMILES string of the molecule is CNc1nc(Nc2cccc(O)c2)cc(-c2ccccc2)n1. The van der Waals surface area contributed by atoms with Crippen LogP contribution in [-0.2, 0) is 0 Å². The average molecular weight is 292 g/mol. The van der Waals surface area contributed by atoms with E-state index in [4.69, 9.17) is 0 Å². The molecule has 0 atom stereocenters. The molecule has 0 aliphatic rings. The molecule has 5 heteroatoms. The van der Waals surface area contributed by atoms with Gasteiger partial charge in [-0.3, -0.25) is 0 Å². The number of hydrogen-bond acceptors (Lipinski definition) is 5. The Hall–Kier alpha value is -3.08. The molecule has 1 heterocycles. The Kier molecular flexibility index (Phi) is 3.87. The van der Waals surface area contributed by atoms with Gasteiger partial charge in [0.05, 0.1) is 5.69 Å². The van der Waals surface area contributed by atoms with Gasteiger partial charge in [-0.25, -0.2) is 4.98 Å². The minimum Gasteiger partial charge on any atom is -0.508 e. The van der Waals surface area contributed by atoms with Crippen molar-refractivity contribution in [3.05, 3.63) is 60.7 Å². The van der Waals surface area contributed by atoms with E-state index < -0.39 is 0 Å². The van der Waals surface area contributed by atoms with E-state index in [0.717, 1.165) is 16.9 Å². The molecule has 0 spiro atoms. The van der Waals surface area contributed by atoms with Crippen LogP contribution in [-0.4, -0.2) is 22.1 Å². The molecule has 0 aliphatic heterocycles. The summed E-state index contributed by atoms with van der Waals surface area (Å²) < 4.78 is 0.